The van der Waals surface area contributed by atoms with Crippen LogP contribution in [0.4, 0.5) is 10.1 Å². The lowest BCUT2D eigenvalue weighted by atomic mass is 10.1. The lowest BCUT2D eigenvalue weighted by Gasteiger charge is -2.17. The van der Waals surface area contributed by atoms with Gasteiger partial charge in [0.1, 0.15) is 5.82 Å². The van der Waals surface area contributed by atoms with Crippen molar-refractivity contribution in [3.63, 3.8) is 0 Å². The number of rotatable bonds is 1. The zero-order valence-electron chi connectivity index (χ0n) is 13.6. The van der Waals surface area contributed by atoms with Crippen LogP contribution in [0, 0.1) is 5.82 Å². The second-order valence-corrected chi connectivity index (χ2v) is 7.52. The predicted octanol–water partition coefficient (Wildman–Crippen LogP) is 5.31. The minimum absolute atomic E-state index is 0.0265. The summed E-state index contributed by atoms with van der Waals surface area (Å²) in [6, 6.07) is 12.6. The Kier molecular flexibility index (Phi) is 3.28. The van der Waals surface area contributed by atoms with Gasteiger partial charge in [0.15, 0.2) is 5.43 Å². The molecule has 4 aromatic rings. The van der Waals surface area contributed by atoms with Crippen molar-refractivity contribution >= 4 is 48.7 Å². The van der Waals surface area contributed by atoms with Crippen LogP contribution in [0.5, 0.6) is 0 Å². The van der Waals surface area contributed by atoms with E-state index in [2.05, 4.69) is 11.0 Å². The van der Waals surface area contributed by atoms with Crippen LogP contribution in [0.2, 0.25) is 0 Å². The van der Waals surface area contributed by atoms with Crippen LogP contribution < -0.4 is 10.3 Å². The molecule has 25 heavy (non-hydrogen) atoms. The van der Waals surface area contributed by atoms with Crippen LogP contribution >= 0.6 is 11.3 Å². The number of nitrogens with zero attached hydrogens (tertiary/aromatic N) is 1. The number of thiophene rings is 1. The van der Waals surface area contributed by atoms with Crippen LogP contribution in [0.1, 0.15) is 12.8 Å². The molecular weight excluding hydrogens is 333 g/mol. The third-order valence-corrected chi connectivity index (χ3v) is 6.09. The molecule has 2 nitrogen and oxygen atoms in total. The maximum atomic E-state index is 13.8. The van der Waals surface area contributed by atoms with E-state index < -0.39 is 0 Å². The maximum absolute atomic E-state index is 13.8. The molecule has 0 saturated carbocycles. The third-order valence-electron chi connectivity index (χ3n) is 5.15. The van der Waals surface area contributed by atoms with Gasteiger partial charge in [-0.05, 0) is 66.1 Å². The maximum Gasteiger partial charge on any atom is 0.194 e. The molecule has 4 heteroatoms. The smallest absolute Gasteiger partial charge is 0.194 e. The minimum Gasteiger partial charge on any atom is -0.372 e. The molecule has 5 rings (SSSR count). The van der Waals surface area contributed by atoms with Crippen molar-refractivity contribution in [2.45, 2.75) is 12.8 Å². The van der Waals surface area contributed by atoms with Crippen LogP contribution in [0.25, 0.3) is 31.6 Å². The quantitative estimate of drug-likeness (QED) is 0.464. The van der Waals surface area contributed by atoms with Crippen LogP contribution in [0.3, 0.4) is 0 Å². The molecule has 0 unspecified atom stereocenters. The van der Waals surface area contributed by atoms with Gasteiger partial charge < -0.3 is 4.90 Å². The van der Waals surface area contributed by atoms with E-state index in [4.69, 9.17) is 0 Å². The Morgan fingerprint density at radius 2 is 1.60 bits per heavy atom. The first-order valence-electron chi connectivity index (χ1n) is 8.54. The van der Waals surface area contributed by atoms with Gasteiger partial charge in [0.05, 0.1) is 0 Å². The Morgan fingerprint density at radius 1 is 0.840 bits per heavy atom. The molecule has 1 aliphatic heterocycles. The van der Waals surface area contributed by atoms with E-state index in [1.165, 1.54) is 30.7 Å². The standard InChI is InChI=1S/C21H16FNOS/c22-13-3-5-15-18(11-13)17-7-10-25-21(17)19-12-14(23-8-1-2-9-23)4-6-16(19)20(15)24/h3-7,10-12H,1-2,8-9H2. The Morgan fingerprint density at radius 3 is 2.44 bits per heavy atom. The second-order valence-electron chi connectivity index (χ2n) is 6.61. The fourth-order valence-corrected chi connectivity index (χ4v) is 4.84. The Labute approximate surface area is 148 Å². The van der Waals surface area contributed by atoms with E-state index in [0.29, 0.717) is 16.2 Å². The van der Waals surface area contributed by atoms with Crippen LogP contribution in [-0.2, 0) is 0 Å². The SMILES string of the molecule is O=c1c2ccc(F)cc2c2ccsc2c2cc(N3CCCC3)ccc12. The Bertz CT molecular complexity index is 1190. The second kappa shape index (κ2) is 5.53. The lowest BCUT2D eigenvalue weighted by Crippen LogP contribution is -2.17. The van der Waals surface area contributed by atoms with E-state index in [1.807, 2.05) is 23.6 Å². The van der Waals surface area contributed by atoms with E-state index in [9.17, 15) is 9.18 Å². The molecule has 0 bridgehead atoms. The van der Waals surface area contributed by atoms with Crippen LogP contribution in [-0.4, -0.2) is 13.1 Å². The summed E-state index contributed by atoms with van der Waals surface area (Å²) >= 11 is 1.61. The molecule has 0 amide bonds. The molecule has 1 fully saturated rings. The van der Waals surface area contributed by atoms with Gasteiger partial charge in [-0.25, -0.2) is 4.39 Å². The molecule has 1 aromatic heterocycles. The lowest BCUT2D eigenvalue weighted by molar-refractivity contribution is 0.630. The fraction of sp³-hybridized carbons (Fsp3) is 0.190. The van der Waals surface area contributed by atoms with Gasteiger partial charge in [0, 0.05) is 45.0 Å². The molecule has 1 saturated heterocycles. The van der Waals surface area contributed by atoms with Gasteiger partial charge in [-0.3, -0.25) is 4.79 Å². The van der Waals surface area contributed by atoms with Crippen molar-refractivity contribution in [1.82, 2.24) is 0 Å². The highest BCUT2D eigenvalue weighted by Gasteiger charge is 2.15. The Hall–Kier alpha value is -2.46. The van der Waals surface area contributed by atoms with Gasteiger partial charge in [0.25, 0.3) is 0 Å². The van der Waals surface area contributed by atoms with Gasteiger partial charge in [-0.2, -0.15) is 0 Å². The van der Waals surface area contributed by atoms with E-state index in [0.717, 1.165) is 28.6 Å². The molecule has 124 valence electrons. The fourth-order valence-electron chi connectivity index (χ4n) is 3.90. The molecule has 0 atom stereocenters. The van der Waals surface area contributed by atoms with Crippen molar-refractivity contribution in [3.8, 4) is 0 Å². The monoisotopic (exact) mass is 349 g/mol. The summed E-state index contributed by atoms with van der Waals surface area (Å²) in [5, 5.41) is 5.91. The molecule has 1 aliphatic rings. The summed E-state index contributed by atoms with van der Waals surface area (Å²) < 4.78 is 14.9. The number of hydrogen-bond acceptors (Lipinski definition) is 3. The first-order chi connectivity index (χ1) is 12.2. The van der Waals surface area contributed by atoms with E-state index in [-0.39, 0.29) is 11.2 Å². The number of fused-ring (bicyclic) bond motifs is 5. The highest BCUT2D eigenvalue weighted by atomic mass is 32.1. The molecule has 0 spiro atoms. The summed E-state index contributed by atoms with van der Waals surface area (Å²) in [4.78, 5) is 15.5. The van der Waals surface area contributed by atoms with Crippen molar-refractivity contribution in [2.24, 2.45) is 0 Å². The van der Waals surface area contributed by atoms with Gasteiger partial charge in [-0.15, -0.1) is 11.3 Å². The average molecular weight is 349 g/mol. The predicted molar refractivity (Wildman–Crippen MR) is 105 cm³/mol. The zero-order chi connectivity index (χ0) is 17.0. The van der Waals surface area contributed by atoms with Crippen molar-refractivity contribution in [2.75, 3.05) is 18.0 Å². The molecule has 3 aromatic carbocycles. The summed E-state index contributed by atoms with van der Waals surface area (Å²) in [6.45, 7) is 2.13. The molecule has 2 heterocycles. The minimum atomic E-state index is -0.313. The summed E-state index contributed by atoms with van der Waals surface area (Å²) in [5.74, 6) is -0.313. The molecule has 0 N–H and O–H groups in total. The highest BCUT2D eigenvalue weighted by molar-refractivity contribution is 7.18. The first-order valence-corrected chi connectivity index (χ1v) is 9.42. The van der Waals surface area contributed by atoms with Crippen LogP contribution in [0.15, 0.2) is 52.6 Å². The third kappa shape index (κ3) is 2.24. The zero-order valence-corrected chi connectivity index (χ0v) is 14.4. The van der Waals surface area contributed by atoms with Crippen molar-refractivity contribution in [1.29, 1.82) is 0 Å². The summed E-state index contributed by atoms with van der Waals surface area (Å²) in [5.41, 5.74) is 1.14. The Balaban J connectivity index is 1.97. The number of anilines is 1. The largest absolute Gasteiger partial charge is 0.372 e. The number of hydrogen-bond donors (Lipinski definition) is 0. The van der Waals surface area contributed by atoms with Gasteiger partial charge in [0.2, 0.25) is 0 Å². The summed E-state index contributed by atoms with van der Waals surface area (Å²) in [6.07, 6.45) is 2.43. The number of halogens is 1. The average Bonchev–Trinajstić information content (AvgIpc) is 3.31. The molecule has 0 aliphatic carbocycles. The first kappa shape index (κ1) is 14.8. The molecule has 0 radical (unpaired) electrons. The van der Waals surface area contributed by atoms with Crippen molar-refractivity contribution < 1.29 is 4.39 Å². The number of benzene rings is 2. The van der Waals surface area contributed by atoms with Gasteiger partial charge >= 0.3 is 0 Å². The van der Waals surface area contributed by atoms with E-state index >= 15 is 0 Å². The summed E-state index contributed by atoms with van der Waals surface area (Å²) in [7, 11) is 0. The normalized spacial score (nSPS) is 14.8. The molecular formula is C21H16FNOS. The highest BCUT2D eigenvalue weighted by Crippen LogP contribution is 2.34. The topological polar surface area (TPSA) is 20.3 Å². The van der Waals surface area contributed by atoms with Crippen molar-refractivity contribution in [3.05, 3.63) is 63.9 Å². The van der Waals surface area contributed by atoms with E-state index in [1.54, 1.807) is 17.4 Å². The van der Waals surface area contributed by atoms with Gasteiger partial charge in [-0.1, -0.05) is 0 Å².